The minimum Gasteiger partial charge on any atom is -0.331 e. The standard InChI is InChI=1S/C57H39N5/c1-5-18-38(19-6-1)39-32-34-43(35-33-39)56-58-55(42-24-11-4-12-25-42)59-57(60-56)62-50-30-16-14-27-46(50)48-36-52-47(37-53(48)62)45-26-13-15-29-49(45)61(52)51-31-17-28-44(40-20-7-2-8-21-40)54(51)41-22-9-3-10-23-41/h1-37,57H,(H,58,59,60). The van der Waals surface area contributed by atoms with Gasteiger partial charge in [0.15, 0.2) is 5.84 Å². The quantitative estimate of drug-likeness (QED) is 0.172. The van der Waals surface area contributed by atoms with E-state index in [1.54, 1.807) is 0 Å². The molecule has 12 rings (SSSR count). The second-order valence-corrected chi connectivity index (χ2v) is 15.8. The van der Waals surface area contributed by atoms with Crippen molar-refractivity contribution in [2.75, 3.05) is 0 Å². The molecule has 1 atom stereocenters. The van der Waals surface area contributed by atoms with Gasteiger partial charge in [-0.25, -0.2) is 9.98 Å². The molecule has 0 saturated heterocycles. The van der Waals surface area contributed by atoms with Gasteiger partial charge in [0.2, 0.25) is 6.29 Å². The molecule has 0 amide bonds. The van der Waals surface area contributed by atoms with Crippen molar-refractivity contribution in [2.45, 2.75) is 6.29 Å². The Balaban J connectivity index is 1.09. The Morgan fingerprint density at radius 2 is 0.887 bits per heavy atom. The summed E-state index contributed by atoms with van der Waals surface area (Å²) in [6.45, 7) is 0. The van der Waals surface area contributed by atoms with Crippen LogP contribution in [0.3, 0.4) is 0 Å². The topological polar surface area (TPSA) is 46.6 Å². The van der Waals surface area contributed by atoms with Gasteiger partial charge < -0.3 is 14.5 Å². The van der Waals surface area contributed by atoms with E-state index in [1.165, 1.54) is 38.6 Å². The molecule has 0 radical (unpaired) electrons. The third-order valence-corrected chi connectivity index (χ3v) is 12.2. The van der Waals surface area contributed by atoms with E-state index in [1.807, 2.05) is 12.1 Å². The predicted octanol–water partition coefficient (Wildman–Crippen LogP) is 13.8. The van der Waals surface area contributed by atoms with E-state index < -0.39 is 6.29 Å². The number of fused-ring (bicyclic) bond motifs is 6. The van der Waals surface area contributed by atoms with Crippen molar-refractivity contribution in [3.8, 4) is 39.1 Å². The van der Waals surface area contributed by atoms with Gasteiger partial charge in [-0.3, -0.25) is 0 Å². The fourth-order valence-electron chi connectivity index (χ4n) is 9.36. The van der Waals surface area contributed by atoms with Crippen LogP contribution in [-0.4, -0.2) is 20.8 Å². The molecule has 1 aliphatic heterocycles. The number of aliphatic imine (C=N–C) groups is 2. The van der Waals surface area contributed by atoms with Gasteiger partial charge in [0.25, 0.3) is 0 Å². The third-order valence-electron chi connectivity index (χ3n) is 12.2. The van der Waals surface area contributed by atoms with Gasteiger partial charge in [0.05, 0.1) is 27.8 Å². The van der Waals surface area contributed by atoms with E-state index in [-0.39, 0.29) is 0 Å². The Hall–Kier alpha value is -8.28. The lowest BCUT2D eigenvalue weighted by Gasteiger charge is -2.26. The second-order valence-electron chi connectivity index (χ2n) is 15.8. The number of nitrogens with zero attached hydrogens (tertiary/aromatic N) is 4. The highest BCUT2D eigenvalue weighted by Crippen LogP contribution is 2.44. The summed E-state index contributed by atoms with van der Waals surface area (Å²) in [5, 5.41) is 8.47. The van der Waals surface area contributed by atoms with Crippen molar-refractivity contribution in [1.29, 1.82) is 0 Å². The molecule has 11 aromatic rings. The molecule has 0 spiro atoms. The zero-order valence-corrected chi connectivity index (χ0v) is 33.7. The number of benzene rings is 9. The molecule has 5 nitrogen and oxygen atoms in total. The highest BCUT2D eigenvalue weighted by molar-refractivity contribution is 6.19. The molecule has 3 heterocycles. The van der Waals surface area contributed by atoms with E-state index in [0.29, 0.717) is 5.84 Å². The molecule has 0 bridgehead atoms. The monoisotopic (exact) mass is 793 g/mol. The number of amidine groups is 2. The normalized spacial score (nSPS) is 14.0. The number of rotatable bonds is 7. The van der Waals surface area contributed by atoms with Crippen LogP contribution in [0, 0.1) is 0 Å². The van der Waals surface area contributed by atoms with Crippen LogP contribution in [-0.2, 0) is 0 Å². The maximum absolute atomic E-state index is 5.43. The zero-order chi connectivity index (χ0) is 41.0. The number of hydrogen-bond acceptors (Lipinski definition) is 3. The molecule has 2 aromatic heterocycles. The average molecular weight is 794 g/mol. The van der Waals surface area contributed by atoms with E-state index in [2.05, 4.69) is 227 Å². The summed E-state index contributed by atoms with van der Waals surface area (Å²) in [5.41, 5.74) is 14.7. The molecule has 0 fully saturated rings. The molecule has 62 heavy (non-hydrogen) atoms. The summed E-state index contributed by atoms with van der Waals surface area (Å²) >= 11 is 0. The highest BCUT2D eigenvalue weighted by atomic mass is 15.3. The lowest BCUT2D eigenvalue weighted by Crippen LogP contribution is -2.36. The van der Waals surface area contributed by atoms with Crippen LogP contribution in [0.15, 0.2) is 234 Å². The minimum atomic E-state index is -0.480. The number of aromatic nitrogens is 2. The SMILES string of the molecule is c1ccc(C2=NC(c3ccc(-c4ccccc4)cc3)=NC(n3c4ccccc4c4cc5c(cc43)c3ccccc3n5-c3cccc(-c4ccccc4)c3-c3ccccc3)N2)cc1. The summed E-state index contributed by atoms with van der Waals surface area (Å²) in [5.74, 6) is 1.46. The van der Waals surface area contributed by atoms with Gasteiger partial charge in [-0.15, -0.1) is 0 Å². The van der Waals surface area contributed by atoms with Gasteiger partial charge in [-0.05, 0) is 58.1 Å². The van der Waals surface area contributed by atoms with E-state index in [0.717, 1.165) is 61.1 Å². The first-order chi connectivity index (χ1) is 30.8. The van der Waals surface area contributed by atoms with Crippen molar-refractivity contribution in [2.24, 2.45) is 9.98 Å². The summed E-state index contributed by atoms with van der Waals surface area (Å²) in [7, 11) is 0. The van der Waals surface area contributed by atoms with Crippen molar-refractivity contribution < 1.29 is 0 Å². The lowest BCUT2D eigenvalue weighted by atomic mass is 9.93. The summed E-state index contributed by atoms with van der Waals surface area (Å²) < 4.78 is 4.83. The van der Waals surface area contributed by atoms with Crippen LogP contribution in [0.4, 0.5) is 0 Å². The van der Waals surface area contributed by atoms with Crippen LogP contribution in [0.1, 0.15) is 17.4 Å². The van der Waals surface area contributed by atoms with Crippen molar-refractivity contribution in [3.05, 3.63) is 236 Å². The molecule has 292 valence electrons. The maximum Gasteiger partial charge on any atom is 0.204 e. The summed E-state index contributed by atoms with van der Waals surface area (Å²) in [4.78, 5) is 10.6. The van der Waals surface area contributed by atoms with Gasteiger partial charge in [0, 0.05) is 38.2 Å². The van der Waals surface area contributed by atoms with Crippen molar-refractivity contribution >= 4 is 55.3 Å². The molecule has 5 heteroatoms. The van der Waals surface area contributed by atoms with Crippen LogP contribution < -0.4 is 5.32 Å². The molecular formula is C57H39N5. The highest BCUT2D eigenvalue weighted by Gasteiger charge is 2.26. The van der Waals surface area contributed by atoms with Gasteiger partial charge in [-0.2, -0.15) is 0 Å². The van der Waals surface area contributed by atoms with Crippen LogP contribution in [0.25, 0.3) is 82.7 Å². The van der Waals surface area contributed by atoms with Gasteiger partial charge in [0.1, 0.15) is 5.84 Å². The Morgan fingerprint density at radius 1 is 0.371 bits per heavy atom. The number of para-hydroxylation sites is 2. The smallest absolute Gasteiger partial charge is 0.204 e. The van der Waals surface area contributed by atoms with Crippen molar-refractivity contribution in [3.63, 3.8) is 0 Å². The summed E-state index contributed by atoms with van der Waals surface area (Å²) in [6.07, 6.45) is -0.480. The number of nitrogens with one attached hydrogen (secondary N) is 1. The molecule has 9 aromatic carbocycles. The summed E-state index contributed by atoms with van der Waals surface area (Å²) in [6, 6.07) is 79.9. The third kappa shape index (κ3) is 5.94. The molecule has 1 unspecified atom stereocenters. The Morgan fingerprint density at radius 3 is 1.58 bits per heavy atom. The van der Waals surface area contributed by atoms with Gasteiger partial charge >= 0.3 is 0 Å². The van der Waals surface area contributed by atoms with E-state index in [9.17, 15) is 0 Å². The zero-order valence-electron chi connectivity index (χ0n) is 33.7. The lowest BCUT2D eigenvalue weighted by molar-refractivity contribution is 0.516. The Bertz CT molecular complexity index is 3510. The fraction of sp³-hybridized carbons (Fsp3) is 0.0175. The second kappa shape index (κ2) is 14.8. The number of hydrogen-bond donors (Lipinski definition) is 1. The van der Waals surface area contributed by atoms with E-state index in [4.69, 9.17) is 9.98 Å². The molecule has 0 aliphatic carbocycles. The molecule has 1 aliphatic rings. The van der Waals surface area contributed by atoms with Gasteiger partial charge in [-0.1, -0.05) is 194 Å². The first-order valence-electron chi connectivity index (χ1n) is 21.1. The first kappa shape index (κ1) is 35.6. The molecule has 0 saturated carbocycles. The van der Waals surface area contributed by atoms with E-state index >= 15 is 0 Å². The van der Waals surface area contributed by atoms with Crippen LogP contribution in [0.5, 0.6) is 0 Å². The average Bonchev–Trinajstić information content (AvgIpc) is 3.86. The first-order valence-corrected chi connectivity index (χ1v) is 21.1. The Kier molecular flexibility index (Phi) is 8.49. The maximum atomic E-state index is 5.43. The molecule has 1 N–H and O–H groups in total. The Labute approximate surface area is 359 Å². The van der Waals surface area contributed by atoms with Crippen LogP contribution >= 0.6 is 0 Å². The molecular weight excluding hydrogens is 755 g/mol. The minimum absolute atomic E-state index is 0.480. The fourth-order valence-corrected chi connectivity index (χ4v) is 9.36. The van der Waals surface area contributed by atoms with Crippen molar-refractivity contribution in [1.82, 2.24) is 14.5 Å². The predicted molar refractivity (Wildman–Crippen MR) is 258 cm³/mol. The largest absolute Gasteiger partial charge is 0.331 e. The van der Waals surface area contributed by atoms with Crippen LogP contribution in [0.2, 0.25) is 0 Å².